The molecular formula is C14H15F2NO2. The van der Waals surface area contributed by atoms with E-state index in [1.807, 2.05) is 0 Å². The Morgan fingerprint density at radius 3 is 2.53 bits per heavy atom. The zero-order valence-corrected chi connectivity index (χ0v) is 10.6. The summed E-state index contributed by atoms with van der Waals surface area (Å²) in [7, 11) is 1.55. The Bertz CT molecular complexity index is 532. The molecule has 0 saturated heterocycles. The highest BCUT2D eigenvalue weighted by Gasteiger charge is 2.52. The molecule has 1 amide bonds. The molecule has 1 aromatic rings. The summed E-state index contributed by atoms with van der Waals surface area (Å²) in [5, 5.41) is 2.80. The average molecular weight is 267 g/mol. The molecule has 0 radical (unpaired) electrons. The Labute approximate surface area is 109 Å². The number of halogens is 2. The molecule has 0 aromatic heterocycles. The van der Waals surface area contributed by atoms with Crippen molar-refractivity contribution in [3.8, 4) is 5.75 Å². The number of anilines is 1. The lowest BCUT2D eigenvalue weighted by atomic mass is 9.69. The van der Waals surface area contributed by atoms with Crippen molar-refractivity contribution in [2.45, 2.75) is 37.0 Å². The summed E-state index contributed by atoms with van der Waals surface area (Å²) < 4.78 is 31.8. The minimum atomic E-state index is -2.65. The lowest BCUT2D eigenvalue weighted by Crippen LogP contribution is -2.41. The van der Waals surface area contributed by atoms with Crippen LogP contribution < -0.4 is 10.1 Å². The summed E-state index contributed by atoms with van der Waals surface area (Å²) in [6.07, 6.45) is -0.105. The lowest BCUT2D eigenvalue weighted by molar-refractivity contribution is -0.125. The van der Waals surface area contributed by atoms with Crippen LogP contribution in [0.15, 0.2) is 18.2 Å². The van der Waals surface area contributed by atoms with Crippen LogP contribution in [0.1, 0.15) is 31.2 Å². The van der Waals surface area contributed by atoms with E-state index < -0.39 is 11.3 Å². The summed E-state index contributed by atoms with van der Waals surface area (Å²) >= 11 is 0. The number of benzene rings is 1. The van der Waals surface area contributed by atoms with E-state index in [-0.39, 0.29) is 31.6 Å². The number of ether oxygens (including phenoxy) is 1. The van der Waals surface area contributed by atoms with Crippen molar-refractivity contribution in [3.63, 3.8) is 0 Å². The number of carbonyl (C=O) groups is 1. The number of amides is 1. The van der Waals surface area contributed by atoms with Crippen LogP contribution in [0.25, 0.3) is 0 Å². The second-order valence-electron chi connectivity index (χ2n) is 5.30. The van der Waals surface area contributed by atoms with Crippen molar-refractivity contribution < 1.29 is 18.3 Å². The van der Waals surface area contributed by atoms with Gasteiger partial charge in [-0.15, -0.1) is 0 Å². The quantitative estimate of drug-likeness (QED) is 0.849. The Balaban J connectivity index is 2.02. The van der Waals surface area contributed by atoms with Gasteiger partial charge in [-0.05, 0) is 36.6 Å². The number of methoxy groups -OCH3 is 1. The molecule has 1 fully saturated rings. The first-order chi connectivity index (χ1) is 8.97. The summed E-state index contributed by atoms with van der Waals surface area (Å²) in [6, 6.07) is 5.32. The minimum absolute atomic E-state index is 0.161. The van der Waals surface area contributed by atoms with Gasteiger partial charge < -0.3 is 10.1 Å². The first-order valence-corrected chi connectivity index (χ1v) is 6.35. The SMILES string of the molecule is COc1ccc2c(c1)C1(CCC(F)(F)CC1)C(=O)N2. The van der Waals surface area contributed by atoms with Crippen LogP contribution in [-0.4, -0.2) is 18.9 Å². The molecule has 1 N–H and O–H groups in total. The van der Waals surface area contributed by atoms with E-state index in [0.29, 0.717) is 5.75 Å². The number of hydrogen-bond acceptors (Lipinski definition) is 2. The molecule has 3 rings (SSSR count). The fraction of sp³-hybridized carbons (Fsp3) is 0.500. The van der Waals surface area contributed by atoms with Crippen LogP contribution in [0.2, 0.25) is 0 Å². The molecular weight excluding hydrogens is 252 g/mol. The molecule has 5 heteroatoms. The summed E-state index contributed by atoms with van der Waals surface area (Å²) in [5.74, 6) is -2.16. The van der Waals surface area contributed by atoms with Crippen molar-refractivity contribution in [3.05, 3.63) is 23.8 Å². The van der Waals surface area contributed by atoms with E-state index in [0.717, 1.165) is 11.3 Å². The molecule has 3 nitrogen and oxygen atoms in total. The van der Waals surface area contributed by atoms with Crippen LogP contribution >= 0.6 is 0 Å². The van der Waals surface area contributed by atoms with E-state index >= 15 is 0 Å². The minimum Gasteiger partial charge on any atom is -0.497 e. The van der Waals surface area contributed by atoms with Crippen LogP contribution in [0.3, 0.4) is 0 Å². The molecule has 1 aliphatic carbocycles. The van der Waals surface area contributed by atoms with Crippen LogP contribution in [0.4, 0.5) is 14.5 Å². The highest BCUT2D eigenvalue weighted by molar-refractivity contribution is 6.06. The Morgan fingerprint density at radius 2 is 1.89 bits per heavy atom. The van der Waals surface area contributed by atoms with E-state index in [1.165, 1.54) is 0 Å². The molecule has 102 valence electrons. The predicted octanol–water partition coefficient (Wildman–Crippen LogP) is 3.09. The van der Waals surface area contributed by atoms with E-state index in [4.69, 9.17) is 4.74 Å². The number of carbonyl (C=O) groups excluding carboxylic acids is 1. The zero-order chi connectivity index (χ0) is 13.7. The van der Waals surface area contributed by atoms with Gasteiger partial charge >= 0.3 is 0 Å². The zero-order valence-electron chi connectivity index (χ0n) is 10.6. The number of hydrogen-bond donors (Lipinski definition) is 1. The highest BCUT2D eigenvalue weighted by atomic mass is 19.3. The van der Waals surface area contributed by atoms with Crippen molar-refractivity contribution in [2.75, 3.05) is 12.4 Å². The van der Waals surface area contributed by atoms with Crippen molar-refractivity contribution in [1.29, 1.82) is 0 Å². The maximum Gasteiger partial charge on any atom is 0.248 e. The fourth-order valence-corrected chi connectivity index (χ4v) is 3.06. The first kappa shape index (κ1) is 12.4. The van der Waals surface area contributed by atoms with Crippen LogP contribution in [0.5, 0.6) is 5.75 Å². The Kier molecular flexibility index (Phi) is 2.56. The Morgan fingerprint density at radius 1 is 1.21 bits per heavy atom. The van der Waals surface area contributed by atoms with Crippen LogP contribution in [-0.2, 0) is 10.2 Å². The lowest BCUT2D eigenvalue weighted by Gasteiger charge is -2.35. The normalized spacial score (nSPS) is 23.0. The third-order valence-electron chi connectivity index (χ3n) is 4.26. The van der Waals surface area contributed by atoms with Gasteiger partial charge in [0, 0.05) is 18.5 Å². The molecule has 1 saturated carbocycles. The van der Waals surface area contributed by atoms with Gasteiger partial charge in [-0.1, -0.05) is 0 Å². The van der Waals surface area contributed by atoms with Gasteiger partial charge in [0.1, 0.15) is 5.75 Å². The summed E-state index contributed by atoms with van der Waals surface area (Å²) in [6.45, 7) is 0. The largest absolute Gasteiger partial charge is 0.497 e. The smallest absolute Gasteiger partial charge is 0.248 e. The maximum absolute atomic E-state index is 13.3. The van der Waals surface area contributed by atoms with Crippen LogP contribution in [0, 0.1) is 0 Å². The van der Waals surface area contributed by atoms with Gasteiger partial charge in [0.05, 0.1) is 12.5 Å². The highest BCUT2D eigenvalue weighted by Crippen LogP contribution is 2.51. The van der Waals surface area contributed by atoms with Gasteiger partial charge in [0.2, 0.25) is 11.8 Å². The first-order valence-electron chi connectivity index (χ1n) is 6.35. The van der Waals surface area contributed by atoms with E-state index in [9.17, 15) is 13.6 Å². The molecule has 0 atom stereocenters. The summed E-state index contributed by atoms with van der Waals surface area (Å²) in [4.78, 5) is 12.2. The maximum atomic E-state index is 13.3. The average Bonchev–Trinajstić information content (AvgIpc) is 2.65. The Hall–Kier alpha value is -1.65. The number of fused-ring (bicyclic) bond motifs is 2. The fourth-order valence-electron chi connectivity index (χ4n) is 3.06. The standard InChI is InChI=1S/C14H15F2NO2/c1-19-9-2-3-11-10(8-9)13(12(18)17-11)4-6-14(15,16)7-5-13/h2-3,8H,4-7H2,1H3,(H,17,18). The van der Waals surface area contributed by atoms with Crippen molar-refractivity contribution in [1.82, 2.24) is 0 Å². The number of alkyl halides is 2. The molecule has 2 aliphatic rings. The van der Waals surface area contributed by atoms with Gasteiger partial charge in [-0.3, -0.25) is 4.79 Å². The molecule has 1 spiro atoms. The summed E-state index contributed by atoms with van der Waals surface area (Å²) in [5.41, 5.74) is 0.717. The predicted molar refractivity (Wildman–Crippen MR) is 66.7 cm³/mol. The monoisotopic (exact) mass is 267 g/mol. The van der Waals surface area contributed by atoms with E-state index in [2.05, 4.69) is 5.32 Å². The third-order valence-corrected chi connectivity index (χ3v) is 4.26. The van der Waals surface area contributed by atoms with Gasteiger partial charge in [-0.2, -0.15) is 0 Å². The molecule has 1 aliphatic heterocycles. The number of nitrogens with one attached hydrogen (secondary N) is 1. The van der Waals surface area contributed by atoms with Gasteiger partial charge in [0.25, 0.3) is 0 Å². The van der Waals surface area contributed by atoms with Crippen molar-refractivity contribution >= 4 is 11.6 Å². The molecule has 19 heavy (non-hydrogen) atoms. The van der Waals surface area contributed by atoms with Gasteiger partial charge in [0.15, 0.2) is 0 Å². The topological polar surface area (TPSA) is 38.3 Å². The molecule has 0 unspecified atom stereocenters. The molecule has 0 bridgehead atoms. The molecule has 1 aromatic carbocycles. The third kappa shape index (κ3) is 1.79. The second-order valence-corrected chi connectivity index (χ2v) is 5.30. The van der Waals surface area contributed by atoms with Crippen molar-refractivity contribution in [2.24, 2.45) is 0 Å². The number of rotatable bonds is 1. The second kappa shape index (κ2) is 3.92. The van der Waals surface area contributed by atoms with Gasteiger partial charge in [-0.25, -0.2) is 8.78 Å². The van der Waals surface area contributed by atoms with E-state index in [1.54, 1.807) is 25.3 Å². The molecule has 1 heterocycles.